The second-order valence-corrected chi connectivity index (χ2v) is 9.22. The van der Waals surface area contributed by atoms with E-state index in [4.69, 9.17) is 14.2 Å². The summed E-state index contributed by atoms with van der Waals surface area (Å²) in [5.41, 5.74) is -0.979. The van der Waals surface area contributed by atoms with Gasteiger partial charge in [-0.3, -0.25) is 9.59 Å². The van der Waals surface area contributed by atoms with Gasteiger partial charge in [0.05, 0.1) is 6.61 Å². The van der Waals surface area contributed by atoms with Crippen molar-refractivity contribution in [3.8, 4) is 17.1 Å². The van der Waals surface area contributed by atoms with Crippen LogP contribution in [0.25, 0.3) is 11.4 Å². The van der Waals surface area contributed by atoms with Gasteiger partial charge in [-0.05, 0) is 62.7 Å². The summed E-state index contributed by atoms with van der Waals surface area (Å²) in [5, 5.41) is 23.5. The third kappa shape index (κ3) is 4.54. The van der Waals surface area contributed by atoms with Crippen LogP contribution in [-0.4, -0.2) is 54.9 Å². The maximum absolute atomic E-state index is 11.7. The Kier molecular flexibility index (Phi) is 6.44. The molecule has 1 N–H and O–H groups in total. The van der Waals surface area contributed by atoms with Crippen LogP contribution in [0.4, 0.5) is 0 Å². The summed E-state index contributed by atoms with van der Waals surface area (Å²) in [5.74, 6) is 1.40. The maximum atomic E-state index is 11.7. The van der Waals surface area contributed by atoms with Gasteiger partial charge >= 0.3 is 5.97 Å². The lowest BCUT2D eigenvalue weighted by atomic mass is 9.76. The van der Waals surface area contributed by atoms with Crippen LogP contribution in [0.5, 0.6) is 5.75 Å². The van der Waals surface area contributed by atoms with Crippen molar-refractivity contribution in [1.82, 2.24) is 20.2 Å². The van der Waals surface area contributed by atoms with Gasteiger partial charge in [0.2, 0.25) is 0 Å². The SMILES string of the molecule is CCOC(=O)CCCn1nnnc1-c1ccc2c(c1)[C@@H](OC1=CC(=O)CC1)[C@](C)(O)C(C)(C)O2. The van der Waals surface area contributed by atoms with E-state index in [-0.39, 0.29) is 18.2 Å². The summed E-state index contributed by atoms with van der Waals surface area (Å²) < 4.78 is 19.0. The normalized spacial score (nSPS) is 23.1. The fraction of sp³-hybridized carbons (Fsp3) is 0.542. The molecule has 0 spiro atoms. The zero-order chi connectivity index (χ0) is 24.5. The number of hydrogen-bond acceptors (Lipinski definition) is 9. The number of allylic oxidation sites excluding steroid dienone is 2. The van der Waals surface area contributed by atoms with E-state index in [0.717, 1.165) is 0 Å². The molecular weight excluding hydrogens is 440 g/mol. The van der Waals surface area contributed by atoms with Crippen molar-refractivity contribution < 1.29 is 28.9 Å². The highest BCUT2D eigenvalue weighted by Crippen LogP contribution is 2.50. The molecule has 10 heteroatoms. The molecule has 10 nitrogen and oxygen atoms in total. The van der Waals surface area contributed by atoms with Crippen LogP contribution in [0.3, 0.4) is 0 Å². The Morgan fingerprint density at radius 1 is 1.29 bits per heavy atom. The fourth-order valence-corrected chi connectivity index (χ4v) is 4.14. The van der Waals surface area contributed by atoms with E-state index in [1.54, 1.807) is 32.4 Å². The Bertz CT molecular complexity index is 1120. The van der Waals surface area contributed by atoms with Crippen LogP contribution in [0.1, 0.15) is 65.0 Å². The molecule has 34 heavy (non-hydrogen) atoms. The molecule has 0 amide bonds. The van der Waals surface area contributed by atoms with E-state index in [0.29, 0.717) is 60.9 Å². The minimum atomic E-state index is -1.39. The summed E-state index contributed by atoms with van der Waals surface area (Å²) >= 11 is 0. The van der Waals surface area contributed by atoms with Crippen LogP contribution in [0, 0.1) is 0 Å². The molecule has 0 saturated heterocycles. The number of tetrazole rings is 1. The molecule has 1 aromatic heterocycles. The predicted octanol–water partition coefficient (Wildman–Crippen LogP) is 2.91. The molecule has 2 atom stereocenters. The molecule has 2 heterocycles. The average Bonchev–Trinajstić information content (AvgIpc) is 3.40. The van der Waals surface area contributed by atoms with Crippen LogP contribution >= 0.6 is 0 Å². The van der Waals surface area contributed by atoms with Crippen LogP contribution in [-0.2, 0) is 25.6 Å². The number of aliphatic hydroxyl groups is 1. The Morgan fingerprint density at radius 3 is 2.79 bits per heavy atom. The van der Waals surface area contributed by atoms with Crippen LogP contribution in [0.2, 0.25) is 0 Å². The zero-order valence-corrected chi connectivity index (χ0v) is 19.9. The van der Waals surface area contributed by atoms with E-state index in [2.05, 4.69) is 15.5 Å². The number of ketones is 1. The largest absolute Gasteiger partial charge is 0.487 e. The lowest BCUT2D eigenvalue weighted by molar-refractivity contribution is -0.188. The number of hydrogen-bond donors (Lipinski definition) is 1. The van der Waals surface area contributed by atoms with Gasteiger partial charge in [0, 0.05) is 43.0 Å². The highest BCUT2D eigenvalue weighted by atomic mass is 16.6. The van der Waals surface area contributed by atoms with Crippen LogP contribution < -0.4 is 4.74 Å². The molecule has 0 saturated carbocycles. The summed E-state index contributed by atoms with van der Waals surface area (Å²) in [6, 6.07) is 5.50. The van der Waals surface area contributed by atoms with E-state index in [9.17, 15) is 14.7 Å². The van der Waals surface area contributed by atoms with E-state index in [1.807, 2.05) is 18.2 Å². The predicted molar refractivity (Wildman–Crippen MR) is 121 cm³/mol. The average molecular weight is 471 g/mol. The van der Waals surface area contributed by atoms with Crippen molar-refractivity contribution in [3.63, 3.8) is 0 Å². The molecule has 1 aromatic carbocycles. The Hall–Kier alpha value is -3.27. The number of ether oxygens (including phenoxy) is 3. The quantitative estimate of drug-likeness (QED) is 0.580. The number of nitrogens with zero attached hydrogens (tertiary/aromatic N) is 4. The van der Waals surface area contributed by atoms with Gasteiger partial charge in [-0.2, -0.15) is 0 Å². The van der Waals surface area contributed by atoms with Crippen LogP contribution in [0.15, 0.2) is 30.0 Å². The molecular formula is C24H30N4O6. The first-order valence-electron chi connectivity index (χ1n) is 11.5. The highest BCUT2D eigenvalue weighted by molar-refractivity contribution is 5.92. The van der Waals surface area contributed by atoms with Crippen molar-refractivity contribution in [2.75, 3.05) is 6.61 Å². The molecule has 182 valence electrons. The van der Waals surface area contributed by atoms with E-state index in [1.165, 1.54) is 6.08 Å². The lowest BCUT2D eigenvalue weighted by Gasteiger charge is -2.49. The monoisotopic (exact) mass is 470 g/mol. The number of benzene rings is 1. The topological polar surface area (TPSA) is 126 Å². The first-order valence-corrected chi connectivity index (χ1v) is 11.5. The molecule has 1 aliphatic carbocycles. The van der Waals surface area contributed by atoms with Crippen molar-refractivity contribution in [1.29, 1.82) is 0 Å². The van der Waals surface area contributed by atoms with Crippen molar-refractivity contribution in [2.24, 2.45) is 0 Å². The zero-order valence-electron chi connectivity index (χ0n) is 19.9. The number of carbonyl (C=O) groups excluding carboxylic acids is 2. The van der Waals surface area contributed by atoms with Gasteiger partial charge in [0.25, 0.3) is 0 Å². The van der Waals surface area contributed by atoms with Gasteiger partial charge in [-0.15, -0.1) is 5.10 Å². The smallest absolute Gasteiger partial charge is 0.305 e. The Labute approximate surface area is 197 Å². The summed E-state index contributed by atoms with van der Waals surface area (Å²) in [6.45, 7) is 7.84. The molecule has 0 radical (unpaired) electrons. The number of aromatic nitrogens is 4. The highest BCUT2D eigenvalue weighted by Gasteiger charge is 2.54. The maximum Gasteiger partial charge on any atom is 0.305 e. The first-order chi connectivity index (χ1) is 16.1. The van der Waals surface area contributed by atoms with Gasteiger partial charge in [-0.25, -0.2) is 4.68 Å². The lowest BCUT2D eigenvalue weighted by Crippen LogP contribution is -2.58. The van der Waals surface area contributed by atoms with E-state index >= 15 is 0 Å². The Morgan fingerprint density at radius 2 is 2.09 bits per heavy atom. The van der Waals surface area contributed by atoms with Gasteiger partial charge in [0.1, 0.15) is 22.7 Å². The number of esters is 1. The summed E-state index contributed by atoms with van der Waals surface area (Å²) in [4.78, 5) is 23.4. The standard InChI is InChI=1S/C24H30N4O6/c1-5-32-20(30)7-6-12-28-22(25-26-27-28)15-8-11-19-18(13-15)21(24(4,31)23(2,3)34-19)33-17-10-9-16(29)14-17/h8,11,13-14,21,31H,5-7,9-10,12H2,1-4H3/t21-,24+/m1/s1. The number of fused-ring (bicyclic) bond motifs is 1. The van der Waals surface area contributed by atoms with Gasteiger partial charge < -0.3 is 19.3 Å². The minimum absolute atomic E-state index is 0.0110. The first kappa shape index (κ1) is 23.9. The molecule has 0 unspecified atom stereocenters. The van der Waals surface area contributed by atoms with Crippen molar-refractivity contribution in [3.05, 3.63) is 35.6 Å². The minimum Gasteiger partial charge on any atom is -0.487 e. The van der Waals surface area contributed by atoms with Crippen molar-refractivity contribution in [2.45, 2.75) is 77.2 Å². The Balaban J connectivity index is 1.64. The number of rotatable bonds is 8. The molecule has 2 aromatic rings. The molecule has 2 aliphatic rings. The molecule has 1 aliphatic heterocycles. The summed E-state index contributed by atoms with van der Waals surface area (Å²) in [6.07, 6.45) is 2.43. The summed E-state index contributed by atoms with van der Waals surface area (Å²) in [7, 11) is 0. The molecule has 0 bridgehead atoms. The van der Waals surface area contributed by atoms with Gasteiger partial charge in [-0.1, -0.05) is 0 Å². The van der Waals surface area contributed by atoms with E-state index < -0.39 is 17.3 Å². The molecule has 0 fully saturated rings. The third-order valence-corrected chi connectivity index (χ3v) is 6.44. The van der Waals surface area contributed by atoms with Gasteiger partial charge in [0.15, 0.2) is 17.7 Å². The molecule has 4 rings (SSSR count). The second kappa shape index (κ2) is 9.17. The second-order valence-electron chi connectivity index (χ2n) is 9.22. The fourth-order valence-electron chi connectivity index (χ4n) is 4.14. The van der Waals surface area contributed by atoms with Crippen molar-refractivity contribution >= 4 is 11.8 Å². The third-order valence-electron chi connectivity index (χ3n) is 6.44. The number of aryl methyl sites for hydroxylation is 1. The number of carbonyl (C=O) groups is 2.